The van der Waals surface area contributed by atoms with Crippen molar-refractivity contribution in [2.75, 3.05) is 30.9 Å². The third-order valence-corrected chi connectivity index (χ3v) is 9.34. The molecule has 1 aromatic heterocycles. The third-order valence-electron chi connectivity index (χ3n) is 7.88. The third kappa shape index (κ3) is 8.27. The van der Waals surface area contributed by atoms with Crippen LogP contribution in [0.15, 0.2) is 77.7 Å². The molecular weight excluding hydrogens is 578 g/mol. The van der Waals surface area contributed by atoms with Gasteiger partial charge in [0.25, 0.3) is 0 Å². The number of anilines is 2. The number of nitrogens with one attached hydrogen (secondary N) is 2. The molecule has 1 aliphatic rings. The number of Topliss-reactive ketones (excluding diaryl/α,β-unsaturated/α-hetero) is 1. The highest BCUT2D eigenvalue weighted by Gasteiger charge is 2.27. The van der Waals surface area contributed by atoms with E-state index in [9.17, 15) is 9.59 Å². The Hall–Kier alpha value is -3.62. The standard InChI is InChI=1S/C34H38ClN5O2S/c1-22-8-12-24(13-9-22)30(41)20-31(43-27-18-14-25(35)15-19-27)33(42)36-21-23-10-16-26(17-11-23)37-34-38-29-7-5-4-6-28(29)32(39-34)40(2)3/h4-9,12-15,18-19,23,26,31H,10-11,16-17,20-21H2,1-3H3,(H,36,42)(H,37,38,39). The zero-order valence-corrected chi connectivity index (χ0v) is 26.4. The highest BCUT2D eigenvalue weighted by Crippen LogP contribution is 2.30. The normalized spacial score (nSPS) is 17.3. The molecule has 224 valence electrons. The van der Waals surface area contributed by atoms with E-state index < -0.39 is 5.25 Å². The SMILES string of the molecule is Cc1ccc(C(=O)CC(Sc2ccc(Cl)cc2)C(=O)NCC2CCC(Nc3nc(N(C)C)c4ccccc4n3)CC2)cc1. The number of aromatic nitrogens is 2. The van der Waals surface area contributed by atoms with Gasteiger partial charge in [-0.3, -0.25) is 9.59 Å². The maximum atomic E-state index is 13.4. The summed E-state index contributed by atoms with van der Waals surface area (Å²) in [6.07, 6.45) is 4.05. The van der Waals surface area contributed by atoms with Crippen molar-refractivity contribution < 1.29 is 9.59 Å². The van der Waals surface area contributed by atoms with Crippen molar-refractivity contribution >= 4 is 57.7 Å². The van der Waals surface area contributed by atoms with Crippen molar-refractivity contribution in [3.8, 4) is 0 Å². The Morgan fingerprint density at radius 3 is 2.35 bits per heavy atom. The Kier molecular flexibility index (Phi) is 10.2. The summed E-state index contributed by atoms with van der Waals surface area (Å²) in [5.74, 6) is 1.78. The maximum Gasteiger partial charge on any atom is 0.233 e. The summed E-state index contributed by atoms with van der Waals surface area (Å²) in [5, 5.41) is 7.85. The summed E-state index contributed by atoms with van der Waals surface area (Å²) >= 11 is 7.47. The summed E-state index contributed by atoms with van der Waals surface area (Å²) < 4.78 is 0. The van der Waals surface area contributed by atoms with E-state index >= 15 is 0 Å². The lowest BCUT2D eigenvalue weighted by atomic mass is 9.86. The van der Waals surface area contributed by atoms with Crippen LogP contribution in [0.2, 0.25) is 5.02 Å². The van der Waals surface area contributed by atoms with Crippen LogP contribution in [0.25, 0.3) is 10.9 Å². The highest BCUT2D eigenvalue weighted by atomic mass is 35.5. The van der Waals surface area contributed by atoms with Gasteiger partial charge in [0.2, 0.25) is 11.9 Å². The van der Waals surface area contributed by atoms with E-state index in [0.717, 1.165) is 52.9 Å². The number of aryl methyl sites for hydroxylation is 1. The summed E-state index contributed by atoms with van der Waals surface area (Å²) in [6, 6.07) is 23.2. The van der Waals surface area contributed by atoms with Gasteiger partial charge in [0.15, 0.2) is 5.78 Å². The molecule has 1 atom stereocenters. The van der Waals surface area contributed by atoms with Gasteiger partial charge in [-0.25, -0.2) is 4.98 Å². The Labute approximate surface area is 262 Å². The minimum atomic E-state index is -0.538. The molecule has 5 rings (SSSR count). The maximum absolute atomic E-state index is 13.4. The van der Waals surface area contributed by atoms with Gasteiger partial charge in [0.05, 0.1) is 10.8 Å². The molecule has 3 aromatic carbocycles. The van der Waals surface area contributed by atoms with Gasteiger partial charge in [0.1, 0.15) is 5.82 Å². The quantitative estimate of drug-likeness (QED) is 0.136. The second-order valence-electron chi connectivity index (χ2n) is 11.4. The molecule has 1 saturated carbocycles. The number of rotatable bonds is 11. The van der Waals surface area contributed by atoms with Crippen LogP contribution in [0.3, 0.4) is 0 Å². The smallest absolute Gasteiger partial charge is 0.233 e. The molecule has 7 nitrogen and oxygen atoms in total. The molecule has 2 N–H and O–H groups in total. The number of fused-ring (bicyclic) bond motifs is 1. The largest absolute Gasteiger partial charge is 0.362 e. The van der Waals surface area contributed by atoms with Crippen LogP contribution in [-0.4, -0.2) is 53.6 Å². The average molecular weight is 616 g/mol. The number of hydrogen-bond donors (Lipinski definition) is 2. The number of benzene rings is 3. The second-order valence-corrected chi connectivity index (χ2v) is 13.2. The average Bonchev–Trinajstić information content (AvgIpc) is 3.01. The number of amides is 1. The summed E-state index contributed by atoms with van der Waals surface area (Å²) in [5.41, 5.74) is 2.64. The van der Waals surface area contributed by atoms with Crippen molar-refractivity contribution in [2.45, 2.75) is 55.2 Å². The molecule has 1 fully saturated rings. The number of ketones is 1. The molecule has 1 unspecified atom stereocenters. The van der Waals surface area contributed by atoms with Gasteiger partial charge < -0.3 is 15.5 Å². The highest BCUT2D eigenvalue weighted by molar-refractivity contribution is 8.00. The van der Waals surface area contributed by atoms with Crippen LogP contribution in [0, 0.1) is 12.8 Å². The second kappa shape index (κ2) is 14.2. The topological polar surface area (TPSA) is 87.2 Å². The van der Waals surface area contributed by atoms with Gasteiger partial charge >= 0.3 is 0 Å². The summed E-state index contributed by atoms with van der Waals surface area (Å²) in [6.45, 7) is 2.59. The van der Waals surface area contributed by atoms with Crippen LogP contribution in [0.1, 0.15) is 48.0 Å². The molecule has 4 aromatic rings. The van der Waals surface area contributed by atoms with Crippen molar-refractivity contribution in [2.24, 2.45) is 5.92 Å². The van der Waals surface area contributed by atoms with E-state index in [1.807, 2.05) is 86.6 Å². The number of para-hydroxylation sites is 1. The molecule has 0 aliphatic heterocycles. The number of carbonyl (C=O) groups is 2. The number of halogens is 1. The van der Waals surface area contributed by atoms with E-state index in [-0.39, 0.29) is 24.2 Å². The monoisotopic (exact) mass is 615 g/mol. The van der Waals surface area contributed by atoms with Gasteiger partial charge in [-0.1, -0.05) is 53.6 Å². The number of hydrogen-bond acceptors (Lipinski definition) is 7. The molecule has 1 aliphatic carbocycles. The molecule has 0 radical (unpaired) electrons. The Balaban J connectivity index is 1.17. The van der Waals surface area contributed by atoms with E-state index in [1.165, 1.54) is 11.8 Å². The number of carbonyl (C=O) groups excluding carboxylic acids is 2. The summed E-state index contributed by atoms with van der Waals surface area (Å²) in [7, 11) is 3.99. The zero-order valence-electron chi connectivity index (χ0n) is 24.8. The zero-order chi connectivity index (χ0) is 30.3. The van der Waals surface area contributed by atoms with Gasteiger partial charge in [-0.05, 0) is 74.9 Å². The molecule has 0 bridgehead atoms. The molecule has 1 heterocycles. The lowest BCUT2D eigenvalue weighted by Gasteiger charge is -2.30. The first-order valence-electron chi connectivity index (χ1n) is 14.8. The fourth-order valence-corrected chi connectivity index (χ4v) is 6.58. The minimum Gasteiger partial charge on any atom is -0.362 e. The summed E-state index contributed by atoms with van der Waals surface area (Å²) in [4.78, 5) is 39.0. The molecular formula is C34H38ClN5O2S. The van der Waals surface area contributed by atoms with Crippen molar-refractivity contribution in [3.63, 3.8) is 0 Å². The van der Waals surface area contributed by atoms with Gasteiger partial charge in [-0.2, -0.15) is 4.98 Å². The van der Waals surface area contributed by atoms with Crippen LogP contribution >= 0.6 is 23.4 Å². The van der Waals surface area contributed by atoms with Crippen molar-refractivity contribution in [1.82, 2.24) is 15.3 Å². The molecule has 1 amide bonds. The number of thioether (sulfide) groups is 1. The fourth-order valence-electron chi connectivity index (χ4n) is 5.41. The van der Waals surface area contributed by atoms with Crippen LogP contribution in [-0.2, 0) is 4.79 Å². The van der Waals surface area contributed by atoms with E-state index in [4.69, 9.17) is 21.6 Å². The van der Waals surface area contributed by atoms with E-state index in [0.29, 0.717) is 29.0 Å². The molecule has 0 saturated heterocycles. The van der Waals surface area contributed by atoms with Crippen LogP contribution in [0.5, 0.6) is 0 Å². The van der Waals surface area contributed by atoms with Crippen LogP contribution < -0.4 is 15.5 Å². The number of nitrogens with zero attached hydrogens (tertiary/aromatic N) is 3. The molecule has 43 heavy (non-hydrogen) atoms. The minimum absolute atomic E-state index is 0.0403. The first kappa shape index (κ1) is 30.8. The predicted octanol–water partition coefficient (Wildman–Crippen LogP) is 7.18. The molecule has 0 spiro atoms. The van der Waals surface area contributed by atoms with Crippen LogP contribution in [0.4, 0.5) is 11.8 Å². The van der Waals surface area contributed by atoms with Gasteiger partial charge in [0, 0.05) is 54.0 Å². The first-order valence-corrected chi connectivity index (χ1v) is 16.0. The Morgan fingerprint density at radius 2 is 1.65 bits per heavy atom. The fraction of sp³-hybridized carbons (Fsp3) is 0.353. The lowest BCUT2D eigenvalue weighted by Crippen LogP contribution is -2.39. The van der Waals surface area contributed by atoms with Crippen molar-refractivity contribution in [1.29, 1.82) is 0 Å². The van der Waals surface area contributed by atoms with E-state index in [2.05, 4.69) is 10.6 Å². The lowest BCUT2D eigenvalue weighted by molar-refractivity contribution is -0.120. The Bertz CT molecular complexity index is 1550. The van der Waals surface area contributed by atoms with Gasteiger partial charge in [-0.15, -0.1) is 11.8 Å². The van der Waals surface area contributed by atoms with E-state index in [1.54, 1.807) is 12.1 Å². The first-order chi connectivity index (χ1) is 20.7. The molecule has 9 heteroatoms. The van der Waals surface area contributed by atoms with Crippen molar-refractivity contribution in [3.05, 3.63) is 88.9 Å². The Morgan fingerprint density at radius 1 is 0.953 bits per heavy atom. The predicted molar refractivity (Wildman–Crippen MR) is 177 cm³/mol.